The highest BCUT2D eigenvalue weighted by molar-refractivity contribution is 5.84. The smallest absolute Gasteiger partial charge is 0.277 e. The van der Waals surface area contributed by atoms with Crippen LogP contribution in [0.2, 0.25) is 0 Å². The van der Waals surface area contributed by atoms with Crippen LogP contribution in [0, 0.1) is 6.92 Å². The number of rotatable bonds is 5. The van der Waals surface area contributed by atoms with Gasteiger partial charge in [-0.25, -0.2) is 5.43 Å². The van der Waals surface area contributed by atoms with Crippen LogP contribution in [-0.4, -0.2) is 18.7 Å². The molecule has 0 fully saturated rings. The van der Waals surface area contributed by atoms with Crippen molar-refractivity contribution in [1.29, 1.82) is 0 Å². The molecular weight excluding hydrogens is 252 g/mol. The summed E-state index contributed by atoms with van der Waals surface area (Å²) in [5, 5.41) is 3.91. The number of aryl methyl sites for hydroxylation is 1. The summed E-state index contributed by atoms with van der Waals surface area (Å²) in [6, 6.07) is 17.0. The van der Waals surface area contributed by atoms with Gasteiger partial charge in [0.1, 0.15) is 5.75 Å². The predicted molar refractivity (Wildman–Crippen MR) is 78.9 cm³/mol. The number of carbonyl (C=O) groups excluding carboxylic acids is 1. The average Bonchev–Trinajstić information content (AvgIpc) is 2.48. The van der Waals surface area contributed by atoms with Crippen molar-refractivity contribution in [1.82, 2.24) is 5.43 Å². The van der Waals surface area contributed by atoms with E-state index in [0.29, 0.717) is 5.75 Å². The fourth-order valence-electron chi connectivity index (χ4n) is 1.60. The van der Waals surface area contributed by atoms with Crippen molar-refractivity contribution in [3.8, 4) is 5.75 Å². The van der Waals surface area contributed by atoms with Gasteiger partial charge in [-0.3, -0.25) is 4.79 Å². The third-order valence-electron chi connectivity index (χ3n) is 2.69. The molecule has 1 amide bonds. The first-order chi connectivity index (χ1) is 9.75. The minimum atomic E-state index is -0.293. The topological polar surface area (TPSA) is 50.7 Å². The fraction of sp³-hybridized carbons (Fsp3) is 0.125. The van der Waals surface area contributed by atoms with Crippen LogP contribution in [0.5, 0.6) is 5.75 Å². The van der Waals surface area contributed by atoms with Gasteiger partial charge in [0.25, 0.3) is 5.91 Å². The first-order valence-electron chi connectivity index (χ1n) is 6.31. The molecule has 0 saturated heterocycles. The number of hydrazone groups is 1. The molecule has 102 valence electrons. The lowest BCUT2D eigenvalue weighted by Crippen LogP contribution is -2.24. The van der Waals surface area contributed by atoms with Crippen molar-refractivity contribution in [3.63, 3.8) is 0 Å². The minimum absolute atomic E-state index is 0.0604. The minimum Gasteiger partial charge on any atom is -0.484 e. The zero-order valence-corrected chi connectivity index (χ0v) is 11.2. The van der Waals surface area contributed by atoms with E-state index in [2.05, 4.69) is 10.5 Å². The molecule has 0 atom stereocenters. The standard InChI is InChI=1S/C16H16N2O2/c1-13-7-5-6-8-14(13)11-17-18-16(19)12-20-15-9-3-2-4-10-15/h2-11H,12H2,1H3,(H,18,19)/b17-11+. The van der Waals surface area contributed by atoms with E-state index in [9.17, 15) is 4.79 Å². The molecule has 0 radical (unpaired) electrons. The molecule has 1 N–H and O–H groups in total. The maximum Gasteiger partial charge on any atom is 0.277 e. The zero-order valence-electron chi connectivity index (χ0n) is 11.2. The molecule has 4 heteroatoms. The second-order valence-electron chi connectivity index (χ2n) is 4.25. The van der Waals surface area contributed by atoms with E-state index in [-0.39, 0.29) is 12.5 Å². The number of nitrogens with one attached hydrogen (secondary N) is 1. The fourth-order valence-corrected chi connectivity index (χ4v) is 1.60. The van der Waals surface area contributed by atoms with Crippen LogP contribution in [0.1, 0.15) is 11.1 Å². The summed E-state index contributed by atoms with van der Waals surface area (Å²) in [4.78, 5) is 11.5. The van der Waals surface area contributed by atoms with E-state index >= 15 is 0 Å². The Morgan fingerprint density at radius 1 is 1.15 bits per heavy atom. The number of benzene rings is 2. The summed E-state index contributed by atoms with van der Waals surface area (Å²) >= 11 is 0. The number of nitrogens with zero attached hydrogens (tertiary/aromatic N) is 1. The molecule has 0 bridgehead atoms. The first-order valence-corrected chi connectivity index (χ1v) is 6.31. The van der Waals surface area contributed by atoms with E-state index in [1.807, 2.05) is 49.4 Å². The van der Waals surface area contributed by atoms with Crippen LogP contribution < -0.4 is 10.2 Å². The van der Waals surface area contributed by atoms with Crippen molar-refractivity contribution < 1.29 is 9.53 Å². The average molecular weight is 268 g/mol. The lowest BCUT2D eigenvalue weighted by molar-refractivity contribution is -0.123. The van der Waals surface area contributed by atoms with E-state index in [1.165, 1.54) is 0 Å². The summed E-state index contributed by atoms with van der Waals surface area (Å²) < 4.78 is 5.31. The molecule has 0 aliphatic carbocycles. The lowest BCUT2D eigenvalue weighted by Gasteiger charge is -2.04. The molecule has 0 aliphatic heterocycles. The van der Waals surface area contributed by atoms with Gasteiger partial charge in [-0.15, -0.1) is 0 Å². The zero-order chi connectivity index (χ0) is 14.2. The van der Waals surface area contributed by atoms with Crippen LogP contribution >= 0.6 is 0 Å². The monoisotopic (exact) mass is 268 g/mol. The van der Waals surface area contributed by atoms with Gasteiger partial charge in [0, 0.05) is 0 Å². The molecule has 0 unspecified atom stereocenters. The summed E-state index contributed by atoms with van der Waals surface area (Å²) in [6.45, 7) is 1.93. The molecule has 0 spiro atoms. The number of para-hydroxylation sites is 1. The Labute approximate surface area is 118 Å². The maximum absolute atomic E-state index is 11.5. The van der Waals surface area contributed by atoms with Gasteiger partial charge >= 0.3 is 0 Å². The normalized spacial score (nSPS) is 10.4. The molecule has 4 nitrogen and oxygen atoms in total. The Bertz CT molecular complexity index is 594. The first kappa shape index (κ1) is 13.8. The van der Waals surface area contributed by atoms with Crippen molar-refractivity contribution in [2.24, 2.45) is 5.10 Å². The third-order valence-corrected chi connectivity index (χ3v) is 2.69. The largest absolute Gasteiger partial charge is 0.484 e. The summed E-state index contributed by atoms with van der Waals surface area (Å²) in [6.07, 6.45) is 1.62. The highest BCUT2D eigenvalue weighted by Crippen LogP contribution is 2.07. The van der Waals surface area contributed by atoms with Gasteiger partial charge in [0.05, 0.1) is 6.21 Å². The van der Waals surface area contributed by atoms with Crippen molar-refractivity contribution in [2.75, 3.05) is 6.61 Å². The molecule has 0 aromatic heterocycles. The molecule has 2 aromatic rings. The Morgan fingerprint density at radius 3 is 2.60 bits per heavy atom. The Morgan fingerprint density at radius 2 is 1.85 bits per heavy atom. The van der Waals surface area contributed by atoms with Crippen LogP contribution in [0.3, 0.4) is 0 Å². The van der Waals surface area contributed by atoms with Gasteiger partial charge in [0.15, 0.2) is 6.61 Å². The molecule has 20 heavy (non-hydrogen) atoms. The highest BCUT2D eigenvalue weighted by atomic mass is 16.5. The summed E-state index contributed by atoms with van der Waals surface area (Å²) in [7, 11) is 0. The van der Waals surface area contributed by atoms with E-state index in [1.54, 1.807) is 18.3 Å². The summed E-state index contributed by atoms with van der Waals surface area (Å²) in [5.41, 5.74) is 4.51. The van der Waals surface area contributed by atoms with Crippen molar-refractivity contribution in [3.05, 3.63) is 65.7 Å². The Hall–Kier alpha value is -2.62. The lowest BCUT2D eigenvalue weighted by atomic mass is 10.1. The van der Waals surface area contributed by atoms with E-state index < -0.39 is 0 Å². The van der Waals surface area contributed by atoms with Crippen LogP contribution in [-0.2, 0) is 4.79 Å². The molecule has 0 aliphatic rings. The van der Waals surface area contributed by atoms with Gasteiger partial charge in [-0.05, 0) is 30.2 Å². The number of ether oxygens (including phenoxy) is 1. The highest BCUT2D eigenvalue weighted by Gasteiger charge is 2.00. The number of amides is 1. The predicted octanol–water partition coefficient (Wildman–Crippen LogP) is 2.52. The SMILES string of the molecule is Cc1ccccc1/C=N/NC(=O)COc1ccccc1. The number of hydrogen-bond donors (Lipinski definition) is 1. The van der Waals surface area contributed by atoms with Gasteiger partial charge in [-0.1, -0.05) is 42.5 Å². The van der Waals surface area contributed by atoms with Crippen molar-refractivity contribution >= 4 is 12.1 Å². The maximum atomic E-state index is 11.5. The Kier molecular flexibility index (Phi) is 4.89. The number of hydrogen-bond acceptors (Lipinski definition) is 3. The van der Waals surface area contributed by atoms with Gasteiger partial charge < -0.3 is 4.74 Å². The van der Waals surface area contributed by atoms with Gasteiger partial charge in [0.2, 0.25) is 0 Å². The molecule has 0 heterocycles. The third kappa shape index (κ3) is 4.24. The molecule has 2 aromatic carbocycles. The second kappa shape index (κ2) is 7.09. The Balaban J connectivity index is 1.79. The second-order valence-corrected chi connectivity index (χ2v) is 4.25. The molecular formula is C16H16N2O2. The van der Waals surface area contributed by atoms with Crippen LogP contribution in [0.15, 0.2) is 59.7 Å². The summed E-state index contributed by atoms with van der Waals surface area (Å²) in [5.74, 6) is 0.365. The number of carbonyl (C=O) groups is 1. The van der Waals surface area contributed by atoms with E-state index in [4.69, 9.17) is 4.74 Å². The van der Waals surface area contributed by atoms with Crippen molar-refractivity contribution in [2.45, 2.75) is 6.92 Å². The molecule has 0 saturated carbocycles. The van der Waals surface area contributed by atoms with E-state index in [0.717, 1.165) is 11.1 Å². The van der Waals surface area contributed by atoms with Crippen LogP contribution in [0.25, 0.3) is 0 Å². The molecule has 2 rings (SSSR count). The van der Waals surface area contributed by atoms with Crippen LogP contribution in [0.4, 0.5) is 0 Å². The quantitative estimate of drug-likeness (QED) is 0.669. The van der Waals surface area contributed by atoms with Gasteiger partial charge in [-0.2, -0.15) is 5.10 Å².